The number of nitrogens with one attached hydrogen (secondary N) is 1. The number of aromatic amines is 1. The summed E-state index contributed by atoms with van der Waals surface area (Å²) in [6.07, 6.45) is -0.208. The number of fused-ring (bicyclic) bond motifs is 2. The number of methoxy groups -OCH3 is 1. The molecule has 6 heteroatoms. The highest BCUT2D eigenvalue weighted by molar-refractivity contribution is 5.86. The lowest BCUT2D eigenvalue weighted by molar-refractivity contribution is -0.362. The second-order valence-electron chi connectivity index (χ2n) is 4.45. The van der Waals surface area contributed by atoms with E-state index in [2.05, 4.69) is 4.98 Å². The molecule has 0 fully saturated rings. The molecule has 0 bridgehead atoms. The fourth-order valence-electron chi connectivity index (χ4n) is 2.26. The number of pyridine rings is 1. The summed E-state index contributed by atoms with van der Waals surface area (Å²) in [6.45, 7) is 1.00. The molecule has 1 aromatic heterocycles. The lowest BCUT2D eigenvalue weighted by Crippen LogP contribution is -2.28. The van der Waals surface area contributed by atoms with Crippen molar-refractivity contribution in [2.75, 3.05) is 20.3 Å². The largest absolute Gasteiger partial charge is 0.550 e. The molecule has 0 amide bonds. The van der Waals surface area contributed by atoms with Gasteiger partial charge in [-0.3, -0.25) is 0 Å². The minimum atomic E-state index is -1.15. The molecular weight excluding hydrogens is 262 g/mol. The van der Waals surface area contributed by atoms with Crippen LogP contribution in [0.4, 0.5) is 0 Å². The van der Waals surface area contributed by atoms with Crippen LogP contribution in [-0.4, -0.2) is 26.3 Å². The van der Waals surface area contributed by atoms with E-state index in [0.717, 1.165) is 10.9 Å². The number of rotatable bonds is 3. The van der Waals surface area contributed by atoms with Crippen molar-refractivity contribution in [3.63, 3.8) is 0 Å². The summed E-state index contributed by atoms with van der Waals surface area (Å²) in [5.41, 5.74) is 1.23. The maximum absolute atomic E-state index is 10.7. The Labute approximate surface area is 114 Å². The Bertz CT molecular complexity index is 683. The van der Waals surface area contributed by atoms with E-state index in [1.54, 1.807) is 12.1 Å². The van der Waals surface area contributed by atoms with Gasteiger partial charge in [-0.25, -0.2) is 4.98 Å². The number of benzene rings is 1. The molecule has 3 rings (SSSR count). The minimum absolute atomic E-state index is 0.208. The quantitative estimate of drug-likeness (QED) is 0.770. The van der Waals surface area contributed by atoms with Gasteiger partial charge in [-0.05, 0) is 0 Å². The third kappa shape index (κ3) is 2.20. The van der Waals surface area contributed by atoms with Crippen molar-refractivity contribution < 1.29 is 29.1 Å². The summed E-state index contributed by atoms with van der Waals surface area (Å²) in [6, 6.07) is 5.25. The van der Waals surface area contributed by atoms with Crippen molar-refractivity contribution in [2.24, 2.45) is 0 Å². The molecule has 104 valence electrons. The number of carboxylic acid groups (broad SMARTS) is 1. The van der Waals surface area contributed by atoms with Gasteiger partial charge < -0.3 is 24.1 Å². The number of carbonyl (C=O) groups excluding carboxylic acids is 1. The van der Waals surface area contributed by atoms with Gasteiger partial charge in [0.25, 0.3) is 0 Å². The van der Waals surface area contributed by atoms with E-state index >= 15 is 0 Å². The van der Waals surface area contributed by atoms with Crippen LogP contribution in [0.5, 0.6) is 17.2 Å². The predicted octanol–water partition coefficient (Wildman–Crippen LogP) is -0.274. The van der Waals surface area contributed by atoms with Crippen LogP contribution in [0, 0.1) is 0 Å². The van der Waals surface area contributed by atoms with E-state index in [9.17, 15) is 9.90 Å². The standard InChI is InChI=1S/C14H13NO5/c1-18-11-4-8(5-14(16)17)15-10-7-13-12(6-9(10)11)19-2-3-20-13/h4,6-7H,2-3,5H2,1H3,(H,16,17). The Hall–Kier alpha value is -2.50. The number of ether oxygens (including phenoxy) is 3. The first-order chi connectivity index (χ1) is 9.67. The highest BCUT2D eigenvalue weighted by Crippen LogP contribution is 2.36. The Morgan fingerprint density at radius 3 is 2.65 bits per heavy atom. The van der Waals surface area contributed by atoms with Crippen molar-refractivity contribution in [2.45, 2.75) is 6.42 Å². The third-order valence-electron chi connectivity index (χ3n) is 3.10. The van der Waals surface area contributed by atoms with Crippen LogP contribution in [0.15, 0.2) is 18.2 Å². The van der Waals surface area contributed by atoms with Gasteiger partial charge >= 0.3 is 0 Å². The first-order valence-corrected chi connectivity index (χ1v) is 6.20. The number of H-pyrrole nitrogens is 1. The van der Waals surface area contributed by atoms with Crippen LogP contribution >= 0.6 is 0 Å². The summed E-state index contributed by atoms with van der Waals surface area (Å²) in [7, 11) is 1.54. The first-order valence-electron chi connectivity index (χ1n) is 6.20. The van der Waals surface area contributed by atoms with Crippen molar-refractivity contribution in [1.82, 2.24) is 0 Å². The van der Waals surface area contributed by atoms with Crippen LogP contribution in [-0.2, 0) is 11.2 Å². The molecule has 0 unspecified atom stereocenters. The van der Waals surface area contributed by atoms with Gasteiger partial charge in [-0.1, -0.05) is 0 Å². The average Bonchev–Trinajstić information content (AvgIpc) is 2.43. The van der Waals surface area contributed by atoms with Gasteiger partial charge in [0.1, 0.15) is 19.0 Å². The maximum Gasteiger partial charge on any atom is 0.218 e. The Morgan fingerprint density at radius 2 is 2.00 bits per heavy atom. The van der Waals surface area contributed by atoms with Crippen molar-refractivity contribution in [3.05, 3.63) is 23.9 Å². The van der Waals surface area contributed by atoms with Crippen LogP contribution < -0.4 is 24.3 Å². The SMILES string of the molecule is COc1cc(CC(=O)[O-])[nH+]c2cc3c(cc12)OCCO3. The van der Waals surface area contributed by atoms with Gasteiger partial charge in [0.2, 0.25) is 5.52 Å². The number of carbonyl (C=O) groups is 1. The van der Waals surface area contributed by atoms with Gasteiger partial charge in [-0.15, -0.1) is 0 Å². The van der Waals surface area contributed by atoms with E-state index in [1.807, 2.05) is 6.07 Å². The second kappa shape index (κ2) is 4.88. The Morgan fingerprint density at radius 1 is 1.30 bits per heavy atom. The second-order valence-corrected chi connectivity index (χ2v) is 4.45. The third-order valence-corrected chi connectivity index (χ3v) is 3.10. The van der Waals surface area contributed by atoms with E-state index in [1.165, 1.54) is 7.11 Å². The van der Waals surface area contributed by atoms with Gasteiger partial charge in [0.15, 0.2) is 17.2 Å². The van der Waals surface area contributed by atoms with E-state index in [4.69, 9.17) is 14.2 Å². The zero-order chi connectivity index (χ0) is 14.1. The highest BCUT2D eigenvalue weighted by atomic mass is 16.6. The van der Waals surface area contributed by atoms with Gasteiger partial charge in [-0.2, -0.15) is 0 Å². The molecule has 0 aliphatic carbocycles. The molecule has 6 nitrogen and oxygen atoms in total. The number of carboxylic acids is 1. The van der Waals surface area contributed by atoms with Gasteiger partial charge in [0.05, 0.1) is 31.0 Å². The fourth-order valence-corrected chi connectivity index (χ4v) is 2.26. The molecule has 2 aromatic rings. The first kappa shape index (κ1) is 12.5. The summed E-state index contributed by atoms with van der Waals surface area (Å²) >= 11 is 0. The Kier molecular flexibility index (Phi) is 3.06. The van der Waals surface area contributed by atoms with Crippen LogP contribution in [0.3, 0.4) is 0 Å². The number of hydrogen-bond acceptors (Lipinski definition) is 5. The zero-order valence-electron chi connectivity index (χ0n) is 10.9. The molecule has 2 heterocycles. The summed E-state index contributed by atoms with van der Waals surface area (Å²) in [4.78, 5) is 13.8. The zero-order valence-corrected chi connectivity index (χ0v) is 10.9. The minimum Gasteiger partial charge on any atom is -0.550 e. The molecule has 1 aliphatic heterocycles. The summed E-state index contributed by atoms with van der Waals surface area (Å²) in [5, 5.41) is 11.5. The number of aromatic nitrogens is 1. The predicted molar refractivity (Wildman–Crippen MR) is 66.8 cm³/mol. The fraction of sp³-hybridized carbons (Fsp3) is 0.286. The van der Waals surface area contributed by atoms with Crippen LogP contribution in [0.25, 0.3) is 10.9 Å². The summed E-state index contributed by atoms with van der Waals surface area (Å²) in [5.74, 6) is 0.711. The Balaban J connectivity index is 2.17. The molecule has 0 saturated heterocycles. The monoisotopic (exact) mass is 275 g/mol. The summed E-state index contributed by atoms with van der Waals surface area (Å²) < 4.78 is 16.3. The van der Waals surface area contributed by atoms with Crippen molar-refractivity contribution >= 4 is 16.9 Å². The number of hydrogen-bond donors (Lipinski definition) is 0. The molecule has 1 aliphatic rings. The molecule has 0 saturated carbocycles. The maximum atomic E-state index is 10.7. The molecule has 1 aromatic carbocycles. The normalized spacial score (nSPS) is 13.2. The van der Waals surface area contributed by atoms with Crippen molar-refractivity contribution in [3.8, 4) is 17.2 Å². The molecular formula is C14H13NO5. The van der Waals surface area contributed by atoms with E-state index in [-0.39, 0.29) is 6.42 Å². The molecule has 0 atom stereocenters. The van der Waals surface area contributed by atoms with E-state index in [0.29, 0.717) is 36.2 Å². The van der Waals surface area contributed by atoms with Crippen molar-refractivity contribution in [1.29, 1.82) is 0 Å². The number of aliphatic carboxylic acids is 1. The molecule has 0 spiro atoms. The van der Waals surface area contributed by atoms with Gasteiger partial charge in [0, 0.05) is 12.1 Å². The average molecular weight is 275 g/mol. The van der Waals surface area contributed by atoms with Crippen LogP contribution in [0.1, 0.15) is 5.69 Å². The topological polar surface area (TPSA) is 82.0 Å². The lowest BCUT2D eigenvalue weighted by Gasteiger charge is -2.18. The molecule has 0 radical (unpaired) electrons. The highest BCUT2D eigenvalue weighted by Gasteiger charge is 2.19. The molecule has 20 heavy (non-hydrogen) atoms. The van der Waals surface area contributed by atoms with Crippen LogP contribution in [0.2, 0.25) is 0 Å². The molecule has 1 N–H and O–H groups in total. The lowest BCUT2D eigenvalue weighted by atomic mass is 10.1. The van der Waals surface area contributed by atoms with E-state index < -0.39 is 5.97 Å². The smallest absolute Gasteiger partial charge is 0.218 e.